The Bertz CT molecular complexity index is 1120. The minimum atomic E-state index is -4.55. The summed E-state index contributed by atoms with van der Waals surface area (Å²) in [5.41, 5.74) is -0.169. The predicted octanol–water partition coefficient (Wildman–Crippen LogP) is 5.99. The lowest BCUT2D eigenvalue weighted by molar-refractivity contribution is -0.139. The van der Waals surface area contributed by atoms with Crippen LogP contribution in [0.1, 0.15) is 31.0 Å². The number of benzene rings is 2. The van der Waals surface area contributed by atoms with E-state index >= 15 is 0 Å². The molecule has 1 heterocycles. The van der Waals surface area contributed by atoms with Crippen LogP contribution in [0, 0.1) is 0 Å². The van der Waals surface area contributed by atoms with Crippen LogP contribution in [-0.2, 0) is 15.7 Å². The molecule has 1 aliphatic heterocycles. The van der Waals surface area contributed by atoms with E-state index in [1.807, 2.05) is 0 Å². The third-order valence-electron chi connectivity index (χ3n) is 5.06. The molecule has 0 bridgehead atoms. The van der Waals surface area contributed by atoms with Crippen LogP contribution in [0.25, 0.3) is 0 Å². The summed E-state index contributed by atoms with van der Waals surface area (Å²) >= 11 is 12.1. The number of nitrogens with one attached hydrogen (secondary N) is 1. The number of hydrogen-bond donors (Lipinski definition) is 1. The van der Waals surface area contributed by atoms with Crippen molar-refractivity contribution in [1.82, 2.24) is 10.2 Å². The highest BCUT2D eigenvalue weighted by Crippen LogP contribution is 2.35. The molecular weight excluding hydrogens is 496 g/mol. The number of hydrogen-bond acceptors (Lipinski definition) is 4. The number of likely N-dealkylation sites (N-methyl/N-ethyl adjacent to an activating group) is 1. The van der Waals surface area contributed by atoms with Crippen molar-refractivity contribution in [2.24, 2.45) is 0 Å². The smallest absolute Gasteiger partial charge is 0.416 e. The fourth-order valence-electron chi connectivity index (χ4n) is 3.50. The summed E-state index contributed by atoms with van der Waals surface area (Å²) < 4.78 is 50.1. The zero-order valence-electron chi connectivity index (χ0n) is 18.2. The van der Waals surface area contributed by atoms with E-state index in [4.69, 9.17) is 32.7 Å². The molecule has 1 N–H and O–H groups in total. The second kappa shape index (κ2) is 10.6. The maximum Gasteiger partial charge on any atom is 0.416 e. The van der Waals surface area contributed by atoms with Crippen molar-refractivity contribution in [2.75, 3.05) is 19.8 Å². The quantitative estimate of drug-likeness (QED) is 0.458. The van der Waals surface area contributed by atoms with Gasteiger partial charge in [0, 0.05) is 6.54 Å². The standard InChI is InChI=1S/C23H21Cl2F3N2O4/c1-3-30-18(12-34-15-7-5-6-14(11-15)23(26,27)28)19(21(31)33-4-2)20(29-22(30)32)13-8-9-16(24)17(25)10-13/h5-11,20H,3-4,12H2,1-2H3,(H,29,32)/t20-/m1/s1. The second-order valence-corrected chi connectivity index (χ2v) is 8.01. The van der Waals surface area contributed by atoms with Gasteiger partial charge in [0.1, 0.15) is 12.4 Å². The van der Waals surface area contributed by atoms with E-state index in [9.17, 15) is 22.8 Å². The average Bonchev–Trinajstić information content (AvgIpc) is 2.78. The van der Waals surface area contributed by atoms with Crippen LogP contribution < -0.4 is 10.1 Å². The van der Waals surface area contributed by atoms with E-state index in [-0.39, 0.29) is 46.8 Å². The Balaban J connectivity index is 2.07. The third-order valence-corrected chi connectivity index (χ3v) is 5.80. The van der Waals surface area contributed by atoms with Crippen LogP contribution in [0.5, 0.6) is 5.75 Å². The van der Waals surface area contributed by atoms with E-state index in [1.165, 1.54) is 29.2 Å². The minimum absolute atomic E-state index is 0.0677. The van der Waals surface area contributed by atoms with Gasteiger partial charge in [-0.3, -0.25) is 4.90 Å². The van der Waals surface area contributed by atoms with Crippen molar-refractivity contribution < 1.29 is 32.2 Å². The minimum Gasteiger partial charge on any atom is -0.487 e. The number of ether oxygens (including phenoxy) is 2. The fraction of sp³-hybridized carbons (Fsp3) is 0.304. The fourth-order valence-corrected chi connectivity index (χ4v) is 3.81. The lowest BCUT2D eigenvalue weighted by atomic mass is 9.94. The van der Waals surface area contributed by atoms with Crippen molar-refractivity contribution in [1.29, 1.82) is 0 Å². The molecule has 11 heteroatoms. The number of carbonyl (C=O) groups is 2. The van der Waals surface area contributed by atoms with E-state index in [0.29, 0.717) is 5.56 Å². The Morgan fingerprint density at radius 3 is 2.47 bits per heavy atom. The van der Waals surface area contributed by atoms with Crippen LogP contribution in [0.2, 0.25) is 10.0 Å². The maximum absolute atomic E-state index is 13.1. The van der Waals surface area contributed by atoms with Crippen molar-refractivity contribution in [2.45, 2.75) is 26.1 Å². The van der Waals surface area contributed by atoms with Gasteiger partial charge < -0.3 is 14.8 Å². The first-order valence-electron chi connectivity index (χ1n) is 10.3. The summed E-state index contributed by atoms with van der Waals surface area (Å²) in [6.07, 6.45) is -4.55. The van der Waals surface area contributed by atoms with Crippen molar-refractivity contribution in [3.63, 3.8) is 0 Å². The molecule has 1 atom stereocenters. The topological polar surface area (TPSA) is 67.9 Å². The Morgan fingerprint density at radius 1 is 1.12 bits per heavy atom. The van der Waals surface area contributed by atoms with E-state index in [0.717, 1.165) is 12.1 Å². The Morgan fingerprint density at radius 2 is 1.85 bits per heavy atom. The Kier molecular flexibility index (Phi) is 7.99. The summed E-state index contributed by atoms with van der Waals surface area (Å²) in [5, 5.41) is 3.26. The molecule has 1 aliphatic rings. The van der Waals surface area contributed by atoms with Crippen LogP contribution >= 0.6 is 23.2 Å². The SMILES string of the molecule is CCOC(=O)C1=C(COc2cccc(C(F)(F)F)c2)N(CC)C(=O)N[C@@H]1c1ccc(Cl)c(Cl)c1. The highest BCUT2D eigenvalue weighted by molar-refractivity contribution is 6.42. The van der Waals surface area contributed by atoms with Crippen molar-refractivity contribution in [3.8, 4) is 5.75 Å². The molecule has 0 saturated heterocycles. The maximum atomic E-state index is 13.1. The molecular formula is C23H21Cl2F3N2O4. The van der Waals surface area contributed by atoms with Gasteiger partial charge in [-0.25, -0.2) is 9.59 Å². The average molecular weight is 517 g/mol. The molecule has 2 aromatic rings. The summed E-state index contributed by atoms with van der Waals surface area (Å²) in [4.78, 5) is 27.1. The molecule has 0 spiro atoms. The number of esters is 1. The van der Waals surface area contributed by atoms with Crippen LogP contribution in [0.3, 0.4) is 0 Å². The molecule has 0 unspecified atom stereocenters. The van der Waals surface area contributed by atoms with E-state index < -0.39 is 29.8 Å². The molecule has 182 valence electrons. The first-order chi connectivity index (χ1) is 16.1. The largest absolute Gasteiger partial charge is 0.487 e. The first kappa shape index (κ1) is 25.7. The highest BCUT2D eigenvalue weighted by atomic mass is 35.5. The van der Waals surface area contributed by atoms with Gasteiger partial charge in [-0.05, 0) is 49.7 Å². The lowest BCUT2D eigenvalue weighted by Crippen LogP contribution is -2.49. The van der Waals surface area contributed by atoms with Gasteiger partial charge in [0.2, 0.25) is 0 Å². The normalized spacial score (nSPS) is 16.4. The number of carbonyl (C=O) groups excluding carboxylic acids is 2. The summed E-state index contributed by atoms with van der Waals surface area (Å²) in [7, 11) is 0. The van der Waals surface area contributed by atoms with E-state index in [1.54, 1.807) is 19.9 Å². The molecule has 0 aromatic heterocycles. The molecule has 0 saturated carbocycles. The van der Waals surface area contributed by atoms with E-state index in [2.05, 4.69) is 5.32 Å². The number of halogens is 5. The van der Waals surface area contributed by atoms with Gasteiger partial charge in [-0.15, -0.1) is 0 Å². The lowest BCUT2D eigenvalue weighted by Gasteiger charge is -2.36. The summed E-state index contributed by atoms with van der Waals surface area (Å²) in [5.74, 6) is -0.779. The number of amides is 2. The third kappa shape index (κ3) is 5.59. The molecule has 3 rings (SSSR count). The molecule has 0 aliphatic carbocycles. The molecule has 0 radical (unpaired) electrons. The molecule has 2 amide bonds. The van der Waals surface area contributed by atoms with Gasteiger partial charge >= 0.3 is 18.2 Å². The van der Waals surface area contributed by atoms with Crippen LogP contribution in [0.4, 0.5) is 18.0 Å². The monoisotopic (exact) mass is 516 g/mol. The zero-order valence-corrected chi connectivity index (χ0v) is 19.7. The predicted molar refractivity (Wildman–Crippen MR) is 121 cm³/mol. The van der Waals surface area contributed by atoms with Gasteiger partial charge in [0.25, 0.3) is 0 Å². The molecule has 34 heavy (non-hydrogen) atoms. The van der Waals surface area contributed by atoms with Gasteiger partial charge in [-0.1, -0.05) is 35.3 Å². The Hall–Kier alpha value is -2.91. The number of nitrogens with zero attached hydrogens (tertiary/aromatic N) is 1. The molecule has 6 nitrogen and oxygen atoms in total. The summed E-state index contributed by atoms with van der Waals surface area (Å²) in [6.45, 7) is 3.20. The number of alkyl halides is 3. The Labute approximate surface area is 204 Å². The zero-order chi connectivity index (χ0) is 25.0. The number of urea groups is 1. The van der Waals surface area contributed by atoms with Gasteiger partial charge in [0.15, 0.2) is 0 Å². The van der Waals surface area contributed by atoms with Crippen molar-refractivity contribution >= 4 is 35.2 Å². The summed E-state index contributed by atoms with van der Waals surface area (Å²) in [6, 6.07) is 7.52. The van der Waals surface area contributed by atoms with Crippen LogP contribution in [-0.4, -0.2) is 36.7 Å². The number of rotatable bonds is 7. The second-order valence-electron chi connectivity index (χ2n) is 7.20. The van der Waals surface area contributed by atoms with Crippen molar-refractivity contribution in [3.05, 3.63) is 74.9 Å². The van der Waals surface area contributed by atoms with Crippen LogP contribution in [0.15, 0.2) is 53.7 Å². The molecule has 0 fully saturated rings. The molecule has 2 aromatic carbocycles. The van der Waals surface area contributed by atoms with Gasteiger partial charge in [0.05, 0.1) is 39.5 Å². The highest BCUT2D eigenvalue weighted by Gasteiger charge is 2.38. The van der Waals surface area contributed by atoms with Gasteiger partial charge in [-0.2, -0.15) is 13.2 Å². The first-order valence-corrected chi connectivity index (χ1v) is 11.1.